The molecule has 1 heterocycles. The van der Waals surface area contributed by atoms with Gasteiger partial charge < -0.3 is 11.1 Å². The van der Waals surface area contributed by atoms with E-state index in [-0.39, 0.29) is 0 Å². The molecular formula is C13H14BrN3. The third-order valence-corrected chi connectivity index (χ3v) is 2.99. The zero-order valence-corrected chi connectivity index (χ0v) is 11.2. The van der Waals surface area contributed by atoms with Gasteiger partial charge in [0.05, 0.1) is 11.9 Å². The largest absolute Gasteiger partial charge is 0.397 e. The van der Waals surface area contributed by atoms with E-state index in [1.165, 1.54) is 5.56 Å². The van der Waals surface area contributed by atoms with Crippen LogP contribution in [0.5, 0.6) is 0 Å². The summed E-state index contributed by atoms with van der Waals surface area (Å²) in [6.45, 7) is 2.13. The number of nitrogen functional groups attached to an aromatic ring is 1. The van der Waals surface area contributed by atoms with E-state index in [4.69, 9.17) is 5.73 Å². The van der Waals surface area contributed by atoms with Crippen LogP contribution in [0.1, 0.15) is 12.5 Å². The summed E-state index contributed by atoms with van der Waals surface area (Å²) in [5.74, 6) is 0.802. The summed E-state index contributed by atoms with van der Waals surface area (Å²) in [6, 6.07) is 9.87. The summed E-state index contributed by atoms with van der Waals surface area (Å²) in [5, 5.41) is 3.29. The predicted octanol–water partition coefficient (Wildman–Crippen LogP) is 3.73. The Kier molecular flexibility index (Phi) is 3.64. The van der Waals surface area contributed by atoms with Crippen LogP contribution in [0.25, 0.3) is 0 Å². The molecule has 3 nitrogen and oxygen atoms in total. The van der Waals surface area contributed by atoms with Crippen LogP contribution in [0, 0.1) is 0 Å². The normalized spacial score (nSPS) is 10.2. The summed E-state index contributed by atoms with van der Waals surface area (Å²) >= 11 is 3.47. The lowest BCUT2D eigenvalue weighted by Gasteiger charge is -2.10. The average Bonchev–Trinajstić information content (AvgIpc) is 2.34. The second-order valence-corrected chi connectivity index (χ2v) is 4.67. The first-order valence-electron chi connectivity index (χ1n) is 5.46. The molecule has 2 rings (SSSR count). The number of nitrogens with one attached hydrogen (secondary N) is 1. The van der Waals surface area contributed by atoms with Crippen molar-refractivity contribution in [2.24, 2.45) is 0 Å². The molecule has 0 bridgehead atoms. The van der Waals surface area contributed by atoms with E-state index in [0.29, 0.717) is 5.69 Å². The second kappa shape index (κ2) is 5.19. The third kappa shape index (κ3) is 2.97. The van der Waals surface area contributed by atoms with Gasteiger partial charge in [0.25, 0.3) is 0 Å². The molecule has 0 unspecified atom stereocenters. The Morgan fingerprint density at radius 1 is 1.29 bits per heavy atom. The van der Waals surface area contributed by atoms with Crippen molar-refractivity contribution in [1.29, 1.82) is 0 Å². The van der Waals surface area contributed by atoms with Crippen molar-refractivity contribution in [3.05, 3.63) is 46.6 Å². The molecule has 17 heavy (non-hydrogen) atoms. The van der Waals surface area contributed by atoms with Crippen LogP contribution in [0.4, 0.5) is 17.2 Å². The van der Waals surface area contributed by atoms with Gasteiger partial charge >= 0.3 is 0 Å². The van der Waals surface area contributed by atoms with Gasteiger partial charge in [0, 0.05) is 10.2 Å². The van der Waals surface area contributed by atoms with Gasteiger partial charge in [-0.3, -0.25) is 0 Å². The quantitative estimate of drug-likeness (QED) is 0.906. The minimum absolute atomic E-state index is 0.669. The van der Waals surface area contributed by atoms with Crippen molar-refractivity contribution in [2.75, 3.05) is 11.1 Å². The Bertz CT molecular complexity index is 509. The molecule has 0 atom stereocenters. The number of hydrogen-bond donors (Lipinski definition) is 2. The van der Waals surface area contributed by atoms with E-state index in [0.717, 1.165) is 22.4 Å². The topological polar surface area (TPSA) is 50.9 Å². The minimum Gasteiger partial charge on any atom is -0.397 e. The van der Waals surface area contributed by atoms with Gasteiger partial charge in [0.1, 0.15) is 5.82 Å². The second-order valence-electron chi connectivity index (χ2n) is 3.76. The molecule has 0 fully saturated rings. The maximum Gasteiger partial charge on any atom is 0.130 e. The number of benzene rings is 1. The van der Waals surface area contributed by atoms with Crippen LogP contribution < -0.4 is 11.1 Å². The van der Waals surface area contributed by atoms with E-state index in [9.17, 15) is 0 Å². The van der Waals surface area contributed by atoms with Crippen molar-refractivity contribution >= 4 is 33.1 Å². The van der Waals surface area contributed by atoms with Crippen molar-refractivity contribution in [3.63, 3.8) is 0 Å². The first-order chi connectivity index (χ1) is 8.19. The highest BCUT2D eigenvalue weighted by Gasteiger charge is 2.02. The smallest absolute Gasteiger partial charge is 0.130 e. The first-order valence-corrected chi connectivity index (χ1v) is 6.25. The Hall–Kier alpha value is -1.55. The molecule has 88 valence electrons. The minimum atomic E-state index is 0.669. The fraction of sp³-hybridized carbons (Fsp3) is 0.154. The highest BCUT2D eigenvalue weighted by molar-refractivity contribution is 9.10. The fourth-order valence-electron chi connectivity index (χ4n) is 1.59. The monoisotopic (exact) mass is 291 g/mol. The molecule has 0 aliphatic carbocycles. The fourth-order valence-corrected chi connectivity index (χ4v) is 2.00. The van der Waals surface area contributed by atoms with Gasteiger partial charge in [-0.15, -0.1) is 0 Å². The lowest BCUT2D eigenvalue weighted by atomic mass is 10.1. The van der Waals surface area contributed by atoms with Crippen molar-refractivity contribution in [1.82, 2.24) is 4.98 Å². The molecule has 1 aromatic carbocycles. The van der Waals surface area contributed by atoms with Crippen molar-refractivity contribution in [3.8, 4) is 0 Å². The Morgan fingerprint density at radius 2 is 2.12 bits per heavy atom. The molecule has 4 heteroatoms. The van der Waals surface area contributed by atoms with Crippen LogP contribution in [0.2, 0.25) is 0 Å². The first kappa shape index (κ1) is 11.9. The molecule has 0 aliphatic rings. The van der Waals surface area contributed by atoms with Crippen LogP contribution in [0.3, 0.4) is 0 Å². The molecule has 2 aromatic rings. The lowest BCUT2D eigenvalue weighted by Crippen LogP contribution is -1.98. The summed E-state index contributed by atoms with van der Waals surface area (Å²) in [4.78, 5) is 4.22. The van der Waals surface area contributed by atoms with E-state index >= 15 is 0 Å². The molecule has 0 spiro atoms. The Labute approximate surface area is 109 Å². The number of nitrogens with two attached hydrogens (primary N) is 1. The molecule has 0 saturated heterocycles. The van der Waals surface area contributed by atoms with Gasteiger partial charge in [-0.2, -0.15) is 0 Å². The number of hydrogen-bond acceptors (Lipinski definition) is 3. The lowest BCUT2D eigenvalue weighted by molar-refractivity contribution is 1.13. The van der Waals surface area contributed by atoms with Crippen molar-refractivity contribution in [2.45, 2.75) is 13.3 Å². The summed E-state index contributed by atoms with van der Waals surface area (Å²) in [6.07, 6.45) is 2.61. The maximum absolute atomic E-state index is 5.60. The van der Waals surface area contributed by atoms with Crippen LogP contribution in [-0.2, 0) is 6.42 Å². The van der Waals surface area contributed by atoms with E-state index < -0.39 is 0 Å². The zero-order valence-electron chi connectivity index (χ0n) is 9.57. The van der Waals surface area contributed by atoms with Crippen LogP contribution >= 0.6 is 15.9 Å². The number of aryl methyl sites for hydroxylation is 1. The van der Waals surface area contributed by atoms with Gasteiger partial charge in [0.15, 0.2) is 0 Å². The number of nitrogens with zero attached hydrogens (tertiary/aromatic N) is 1. The van der Waals surface area contributed by atoms with Gasteiger partial charge in [-0.1, -0.05) is 22.9 Å². The molecular weight excluding hydrogens is 278 g/mol. The van der Waals surface area contributed by atoms with Gasteiger partial charge in [-0.05, 0) is 42.3 Å². The number of anilines is 3. The van der Waals surface area contributed by atoms with Crippen LogP contribution in [0.15, 0.2) is 41.0 Å². The van der Waals surface area contributed by atoms with Gasteiger partial charge in [-0.25, -0.2) is 4.98 Å². The summed E-state index contributed by atoms with van der Waals surface area (Å²) in [7, 11) is 0. The molecule has 0 saturated carbocycles. The molecule has 0 aliphatic heterocycles. The summed E-state index contributed by atoms with van der Waals surface area (Å²) in [5.41, 5.74) is 8.59. The van der Waals surface area contributed by atoms with Crippen molar-refractivity contribution < 1.29 is 0 Å². The highest BCUT2D eigenvalue weighted by Crippen LogP contribution is 2.24. The molecule has 0 radical (unpaired) electrons. The maximum atomic E-state index is 5.60. The summed E-state index contributed by atoms with van der Waals surface area (Å²) < 4.78 is 1.09. The average molecular weight is 292 g/mol. The number of rotatable bonds is 3. The number of halogens is 1. The van der Waals surface area contributed by atoms with Gasteiger partial charge in [0.2, 0.25) is 0 Å². The molecule has 3 N–H and O–H groups in total. The Balaban J connectivity index is 2.26. The zero-order chi connectivity index (χ0) is 12.3. The van der Waals surface area contributed by atoms with E-state index in [2.05, 4.69) is 39.2 Å². The van der Waals surface area contributed by atoms with E-state index in [1.54, 1.807) is 6.20 Å². The molecule has 1 aromatic heterocycles. The van der Waals surface area contributed by atoms with E-state index in [1.807, 2.05) is 24.3 Å². The SMILES string of the molecule is CCc1cc(Br)ccc1Nc1ccc(N)cn1. The number of pyridine rings is 1. The Morgan fingerprint density at radius 3 is 2.76 bits per heavy atom. The van der Waals surface area contributed by atoms with Crippen LogP contribution in [-0.4, -0.2) is 4.98 Å². The standard InChI is InChI=1S/C13H14BrN3/c1-2-9-7-10(14)3-5-12(9)17-13-6-4-11(15)8-16-13/h3-8H,2,15H2,1H3,(H,16,17). The molecule has 0 amide bonds. The highest BCUT2D eigenvalue weighted by atomic mass is 79.9. The third-order valence-electron chi connectivity index (χ3n) is 2.50. The predicted molar refractivity (Wildman–Crippen MR) is 75.5 cm³/mol. The number of aromatic nitrogens is 1.